The van der Waals surface area contributed by atoms with Crippen molar-refractivity contribution in [3.63, 3.8) is 0 Å². The predicted molar refractivity (Wildman–Crippen MR) is 129 cm³/mol. The van der Waals surface area contributed by atoms with Crippen LogP contribution in [-0.2, 0) is 11.2 Å². The lowest BCUT2D eigenvalue weighted by atomic mass is 10.0. The molecule has 3 aromatic carbocycles. The normalized spacial score (nSPS) is 15.0. The zero-order chi connectivity index (χ0) is 23.7. The molecule has 0 radical (unpaired) electrons. The third-order valence-corrected chi connectivity index (χ3v) is 6.71. The molecule has 1 N–H and O–H groups in total. The van der Waals surface area contributed by atoms with Crippen LogP contribution in [0.2, 0.25) is 0 Å². The van der Waals surface area contributed by atoms with Gasteiger partial charge in [0.1, 0.15) is 5.75 Å². The number of nitrogens with one attached hydrogen (secondary N) is 1. The van der Waals surface area contributed by atoms with E-state index in [-0.39, 0.29) is 23.6 Å². The summed E-state index contributed by atoms with van der Waals surface area (Å²) in [6.07, 6.45) is 1.68. The van der Waals surface area contributed by atoms with Gasteiger partial charge in [0.2, 0.25) is 5.91 Å². The molecule has 1 aliphatic heterocycles. The Morgan fingerprint density at radius 2 is 1.59 bits per heavy atom. The van der Waals surface area contributed by atoms with Gasteiger partial charge in [-0.15, -0.1) is 0 Å². The molecular weight excluding hydrogens is 428 g/mol. The van der Waals surface area contributed by atoms with Gasteiger partial charge in [-0.2, -0.15) is 0 Å². The molecule has 1 aliphatic carbocycles. The number of carbonyl (C=O) groups excluding carboxylic acids is 3. The van der Waals surface area contributed by atoms with Crippen LogP contribution < -0.4 is 10.1 Å². The fourth-order valence-corrected chi connectivity index (χ4v) is 4.83. The van der Waals surface area contributed by atoms with E-state index >= 15 is 0 Å². The maximum absolute atomic E-state index is 12.9. The Balaban J connectivity index is 1.18. The molecule has 2 aliphatic rings. The summed E-state index contributed by atoms with van der Waals surface area (Å²) < 4.78 is 5.35. The number of benzene rings is 3. The fourth-order valence-electron chi connectivity index (χ4n) is 4.83. The summed E-state index contributed by atoms with van der Waals surface area (Å²) >= 11 is 0. The molecule has 2 amide bonds. The van der Waals surface area contributed by atoms with E-state index in [1.165, 1.54) is 0 Å². The number of piperidine rings is 1. The molecule has 3 aromatic rings. The molecule has 1 fully saturated rings. The van der Waals surface area contributed by atoms with Gasteiger partial charge in [0, 0.05) is 41.4 Å². The van der Waals surface area contributed by atoms with Crippen molar-refractivity contribution >= 4 is 17.6 Å². The maximum atomic E-state index is 12.9. The van der Waals surface area contributed by atoms with Crippen LogP contribution in [0.15, 0.2) is 66.7 Å². The van der Waals surface area contributed by atoms with E-state index in [0.29, 0.717) is 54.8 Å². The largest absolute Gasteiger partial charge is 0.496 e. The first-order valence-electron chi connectivity index (χ1n) is 11.5. The van der Waals surface area contributed by atoms with E-state index in [4.69, 9.17) is 4.74 Å². The number of hydrogen-bond donors (Lipinski definition) is 1. The topological polar surface area (TPSA) is 75.7 Å². The highest BCUT2D eigenvalue weighted by molar-refractivity contribution is 6.22. The van der Waals surface area contributed by atoms with Crippen LogP contribution in [-0.4, -0.2) is 48.7 Å². The molecule has 172 valence electrons. The summed E-state index contributed by atoms with van der Waals surface area (Å²) in [6, 6.07) is 20.4. The second kappa shape index (κ2) is 9.14. The quantitative estimate of drug-likeness (QED) is 0.497. The molecule has 6 nitrogen and oxygen atoms in total. The van der Waals surface area contributed by atoms with Crippen molar-refractivity contribution in [2.45, 2.75) is 25.3 Å². The third kappa shape index (κ3) is 4.07. The first-order valence-corrected chi connectivity index (χ1v) is 11.5. The second-order valence-electron chi connectivity index (χ2n) is 8.75. The van der Waals surface area contributed by atoms with E-state index in [1.54, 1.807) is 19.2 Å². The smallest absolute Gasteiger partial charge is 0.251 e. The Hall–Kier alpha value is -3.93. The molecule has 0 spiro atoms. The highest BCUT2D eigenvalue weighted by Crippen LogP contribution is 2.36. The number of para-hydroxylation sites is 1. The Kier molecular flexibility index (Phi) is 5.88. The van der Waals surface area contributed by atoms with Gasteiger partial charge in [0.15, 0.2) is 5.78 Å². The first kappa shape index (κ1) is 21.9. The summed E-state index contributed by atoms with van der Waals surface area (Å²) in [4.78, 5) is 40.3. The SMILES string of the molecule is COc1ccccc1CC(=O)N1CCC(NC(=O)c2ccc3c(c2)C(=O)c2ccccc2-3)CC1. The summed E-state index contributed by atoms with van der Waals surface area (Å²) in [5.41, 5.74) is 4.40. The lowest BCUT2D eigenvalue weighted by Gasteiger charge is -2.32. The van der Waals surface area contributed by atoms with Crippen LogP contribution in [0.4, 0.5) is 0 Å². The molecule has 5 rings (SSSR count). The van der Waals surface area contributed by atoms with E-state index in [2.05, 4.69) is 5.32 Å². The molecule has 34 heavy (non-hydrogen) atoms. The highest BCUT2D eigenvalue weighted by Gasteiger charge is 2.28. The Morgan fingerprint density at radius 3 is 2.35 bits per heavy atom. The first-order chi connectivity index (χ1) is 16.5. The zero-order valence-electron chi connectivity index (χ0n) is 19.0. The molecule has 0 atom stereocenters. The number of ketones is 1. The minimum absolute atomic E-state index is 0.0102. The number of nitrogens with zero attached hydrogens (tertiary/aromatic N) is 1. The number of rotatable bonds is 5. The number of methoxy groups -OCH3 is 1. The molecular formula is C28H26N2O4. The van der Waals surface area contributed by atoms with E-state index in [9.17, 15) is 14.4 Å². The molecule has 1 heterocycles. The average Bonchev–Trinajstić information content (AvgIpc) is 3.16. The van der Waals surface area contributed by atoms with Gasteiger partial charge in [-0.1, -0.05) is 48.5 Å². The maximum Gasteiger partial charge on any atom is 0.251 e. The minimum atomic E-state index is -0.189. The van der Waals surface area contributed by atoms with Gasteiger partial charge in [-0.3, -0.25) is 14.4 Å². The molecule has 0 bridgehead atoms. The monoisotopic (exact) mass is 454 g/mol. The summed E-state index contributed by atoms with van der Waals surface area (Å²) in [5, 5.41) is 3.08. The number of amides is 2. The van der Waals surface area contributed by atoms with Crippen LogP contribution in [0.25, 0.3) is 11.1 Å². The van der Waals surface area contributed by atoms with Gasteiger partial charge in [0.05, 0.1) is 13.5 Å². The summed E-state index contributed by atoms with van der Waals surface area (Å²) in [7, 11) is 1.60. The fraction of sp³-hybridized carbons (Fsp3) is 0.250. The molecule has 0 saturated carbocycles. The third-order valence-electron chi connectivity index (χ3n) is 6.71. The van der Waals surface area contributed by atoms with Crippen LogP contribution in [0.1, 0.15) is 44.7 Å². The Morgan fingerprint density at radius 1 is 0.912 bits per heavy atom. The molecule has 6 heteroatoms. The lowest BCUT2D eigenvalue weighted by Crippen LogP contribution is -2.47. The second-order valence-corrected chi connectivity index (χ2v) is 8.75. The van der Waals surface area contributed by atoms with Crippen molar-refractivity contribution in [3.05, 3.63) is 89.0 Å². The predicted octanol–water partition coefficient (Wildman–Crippen LogP) is 3.87. The van der Waals surface area contributed by atoms with Gasteiger partial charge < -0.3 is 15.0 Å². The highest BCUT2D eigenvalue weighted by atomic mass is 16.5. The van der Waals surface area contributed by atoms with Crippen molar-refractivity contribution in [2.24, 2.45) is 0 Å². The lowest BCUT2D eigenvalue weighted by molar-refractivity contribution is -0.131. The van der Waals surface area contributed by atoms with Gasteiger partial charge in [0.25, 0.3) is 5.91 Å². The van der Waals surface area contributed by atoms with Crippen LogP contribution in [0, 0.1) is 0 Å². The zero-order valence-corrected chi connectivity index (χ0v) is 19.0. The van der Waals surface area contributed by atoms with Crippen molar-refractivity contribution in [1.29, 1.82) is 0 Å². The molecule has 1 saturated heterocycles. The van der Waals surface area contributed by atoms with E-state index < -0.39 is 0 Å². The van der Waals surface area contributed by atoms with Gasteiger partial charge in [-0.25, -0.2) is 0 Å². The van der Waals surface area contributed by atoms with Gasteiger partial charge >= 0.3 is 0 Å². The standard InChI is InChI=1S/C28H26N2O4/c1-34-25-9-5-2-6-18(25)17-26(31)30-14-12-20(13-15-30)29-28(33)19-10-11-22-21-7-3-4-8-23(21)27(32)24(22)16-19/h2-11,16,20H,12-15,17H2,1H3,(H,29,33). The number of carbonyl (C=O) groups is 3. The number of ether oxygens (including phenoxy) is 1. The number of hydrogen-bond acceptors (Lipinski definition) is 4. The van der Waals surface area contributed by atoms with Crippen molar-refractivity contribution in [1.82, 2.24) is 10.2 Å². The molecule has 0 aromatic heterocycles. The van der Waals surface area contributed by atoms with Crippen LogP contribution in [0.5, 0.6) is 5.75 Å². The van der Waals surface area contributed by atoms with Crippen molar-refractivity contribution in [2.75, 3.05) is 20.2 Å². The van der Waals surface area contributed by atoms with E-state index in [1.807, 2.05) is 59.5 Å². The Bertz CT molecular complexity index is 1270. The van der Waals surface area contributed by atoms with Crippen molar-refractivity contribution in [3.8, 4) is 16.9 Å². The van der Waals surface area contributed by atoms with Gasteiger partial charge in [-0.05, 0) is 42.2 Å². The van der Waals surface area contributed by atoms with Crippen LogP contribution in [0.3, 0.4) is 0 Å². The van der Waals surface area contributed by atoms with Crippen molar-refractivity contribution < 1.29 is 19.1 Å². The van der Waals surface area contributed by atoms with Crippen LogP contribution >= 0.6 is 0 Å². The number of likely N-dealkylation sites (tertiary alicyclic amines) is 1. The number of fused-ring (bicyclic) bond motifs is 3. The minimum Gasteiger partial charge on any atom is -0.496 e. The average molecular weight is 455 g/mol. The van der Waals surface area contributed by atoms with E-state index in [0.717, 1.165) is 16.7 Å². The summed E-state index contributed by atoms with van der Waals surface area (Å²) in [5.74, 6) is 0.548. The summed E-state index contributed by atoms with van der Waals surface area (Å²) in [6.45, 7) is 1.19. The Labute approximate surface area is 198 Å². The molecule has 0 unspecified atom stereocenters.